The Balaban J connectivity index is 2.65. The standard InChI is InChI=1S/C12H15ClFNO2/c1-3-8(12(16)17-2)7-15-11-6-9(13)4-5-10(11)14/h4-6,8,15H,3,7H2,1-2H3. The average molecular weight is 260 g/mol. The van der Waals surface area contributed by atoms with Crippen molar-refractivity contribution in [3.05, 3.63) is 29.0 Å². The van der Waals surface area contributed by atoms with E-state index in [2.05, 4.69) is 10.1 Å². The molecule has 1 aromatic rings. The van der Waals surface area contributed by atoms with Gasteiger partial charge in [-0.2, -0.15) is 0 Å². The van der Waals surface area contributed by atoms with Gasteiger partial charge >= 0.3 is 5.97 Å². The zero-order valence-corrected chi connectivity index (χ0v) is 10.6. The van der Waals surface area contributed by atoms with Crippen LogP contribution in [0.1, 0.15) is 13.3 Å². The van der Waals surface area contributed by atoms with E-state index in [1.807, 2.05) is 6.92 Å². The third kappa shape index (κ3) is 3.89. The molecule has 0 aliphatic heterocycles. The number of nitrogens with one attached hydrogen (secondary N) is 1. The van der Waals surface area contributed by atoms with Crippen molar-refractivity contribution in [1.82, 2.24) is 0 Å². The molecule has 1 rings (SSSR count). The zero-order valence-electron chi connectivity index (χ0n) is 9.80. The highest BCUT2D eigenvalue weighted by atomic mass is 35.5. The lowest BCUT2D eigenvalue weighted by Crippen LogP contribution is -2.24. The molecule has 17 heavy (non-hydrogen) atoms. The minimum Gasteiger partial charge on any atom is -0.469 e. The Morgan fingerprint density at radius 2 is 2.29 bits per heavy atom. The van der Waals surface area contributed by atoms with Crippen molar-refractivity contribution in [2.45, 2.75) is 13.3 Å². The Labute approximate surface area is 105 Å². The molecule has 1 aromatic carbocycles. The smallest absolute Gasteiger partial charge is 0.310 e. The van der Waals surface area contributed by atoms with Crippen LogP contribution in [0.15, 0.2) is 18.2 Å². The van der Waals surface area contributed by atoms with Crippen molar-refractivity contribution in [3.8, 4) is 0 Å². The van der Waals surface area contributed by atoms with Crippen LogP contribution in [-0.2, 0) is 9.53 Å². The first kappa shape index (κ1) is 13.8. The molecule has 0 amide bonds. The van der Waals surface area contributed by atoms with Gasteiger partial charge in [-0.3, -0.25) is 4.79 Å². The van der Waals surface area contributed by atoms with Crippen molar-refractivity contribution in [2.75, 3.05) is 19.0 Å². The van der Waals surface area contributed by atoms with Gasteiger partial charge in [-0.05, 0) is 24.6 Å². The molecule has 0 spiro atoms. The molecule has 0 heterocycles. The molecule has 0 aromatic heterocycles. The van der Waals surface area contributed by atoms with Gasteiger partial charge < -0.3 is 10.1 Å². The van der Waals surface area contributed by atoms with E-state index in [4.69, 9.17) is 11.6 Å². The van der Waals surface area contributed by atoms with E-state index in [0.717, 1.165) is 0 Å². The van der Waals surface area contributed by atoms with Crippen LogP contribution in [0.5, 0.6) is 0 Å². The van der Waals surface area contributed by atoms with Crippen LogP contribution in [0, 0.1) is 11.7 Å². The Hall–Kier alpha value is -1.29. The molecule has 0 aliphatic carbocycles. The second-order valence-electron chi connectivity index (χ2n) is 3.63. The van der Waals surface area contributed by atoms with Crippen molar-refractivity contribution < 1.29 is 13.9 Å². The van der Waals surface area contributed by atoms with E-state index < -0.39 is 5.82 Å². The molecular formula is C12H15ClFNO2. The van der Waals surface area contributed by atoms with Crippen molar-refractivity contribution in [1.29, 1.82) is 0 Å². The SMILES string of the molecule is CCC(CNc1cc(Cl)ccc1F)C(=O)OC. The second-order valence-corrected chi connectivity index (χ2v) is 4.07. The molecule has 0 saturated heterocycles. The number of rotatable bonds is 5. The minimum atomic E-state index is -0.394. The second kappa shape index (κ2) is 6.45. The highest BCUT2D eigenvalue weighted by Crippen LogP contribution is 2.20. The predicted molar refractivity (Wildman–Crippen MR) is 65.7 cm³/mol. The van der Waals surface area contributed by atoms with E-state index >= 15 is 0 Å². The lowest BCUT2D eigenvalue weighted by Gasteiger charge is -2.14. The molecule has 0 fully saturated rings. The lowest BCUT2D eigenvalue weighted by atomic mass is 10.1. The highest BCUT2D eigenvalue weighted by Gasteiger charge is 2.17. The number of halogens is 2. The summed E-state index contributed by atoms with van der Waals surface area (Å²) < 4.78 is 18.0. The van der Waals surface area contributed by atoms with Gasteiger partial charge in [0.2, 0.25) is 0 Å². The van der Waals surface area contributed by atoms with Crippen LogP contribution in [0.25, 0.3) is 0 Å². The maximum Gasteiger partial charge on any atom is 0.310 e. The van der Waals surface area contributed by atoms with E-state index in [1.54, 1.807) is 0 Å². The summed E-state index contributed by atoms with van der Waals surface area (Å²) in [4.78, 5) is 11.3. The van der Waals surface area contributed by atoms with Gasteiger partial charge in [0.25, 0.3) is 0 Å². The third-order valence-corrected chi connectivity index (χ3v) is 2.73. The van der Waals surface area contributed by atoms with Gasteiger partial charge in [0, 0.05) is 11.6 Å². The number of hydrogen-bond donors (Lipinski definition) is 1. The van der Waals surface area contributed by atoms with Crippen LogP contribution >= 0.6 is 11.6 Å². The van der Waals surface area contributed by atoms with Gasteiger partial charge in [-0.1, -0.05) is 18.5 Å². The summed E-state index contributed by atoms with van der Waals surface area (Å²) in [5.41, 5.74) is 0.292. The van der Waals surface area contributed by atoms with Gasteiger partial charge in [-0.25, -0.2) is 4.39 Å². The fourth-order valence-corrected chi connectivity index (χ4v) is 1.60. The lowest BCUT2D eigenvalue weighted by molar-refractivity contribution is -0.145. The van der Waals surface area contributed by atoms with Crippen LogP contribution in [0.2, 0.25) is 5.02 Å². The summed E-state index contributed by atoms with van der Waals surface area (Å²) >= 11 is 5.76. The average Bonchev–Trinajstić information content (AvgIpc) is 2.33. The summed E-state index contributed by atoms with van der Waals surface area (Å²) in [6.07, 6.45) is 0.627. The number of esters is 1. The first-order valence-electron chi connectivity index (χ1n) is 5.35. The van der Waals surface area contributed by atoms with Gasteiger partial charge in [-0.15, -0.1) is 0 Å². The van der Waals surface area contributed by atoms with Crippen molar-refractivity contribution in [2.24, 2.45) is 5.92 Å². The van der Waals surface area contributed by atoms with Crippen LogP contribution in [-0.4, -0.2) is 19.6 Å². The number of carbonyl (C=O) groups is 1. The highest BCUT2D eigenvalue weighted by molar-refractivity contribution is 6.30. The molecule has 94 valence electrons. The molecule has 1 atom stereocenters. The molecule has 0 bridgehead atoms. The van der Waals surface area contributed by atoms with Gasteiger partial charge in [0.1, 0.15) is 5.82 Å². The third-order valence-electron chi connectivity index (χ3n) is 2.49. The number of ether oxygens (including phenoxy) is 1. The number of carbonyl (C=O) groups excluding carboxylic acids is 1. The first-order chi connectivity index (χ1) is 8.08. The van der Waals surface area contributed by atoms with Crippen LogP contribution in [0.3, 0.4) is 0 Å². The summed E-state index contributed by atoms with van der Waals surface area (Å²) in [7, 11) is 1.34. The summed E-state index contributed by atoms with van der Waals surface area (Å²) in [6, 6.07) is 4.24. The van der Waals surface area contributed by atoms with Crippen molar-refractivity contribution in [3.63, 3.8) is 0 Å². The minimum absolute atomic E-state index is 0.292. The maximum absolute atomic E-state index is 13.4. The number of hydrogen-bond acceptors (Lipinski definition) is 3. The normalized spacial score (nSPS) is 12.0. The number of anilines is 1. The monoisotopic (exact) mass is 259 g/mol. The Kier molecular flexibility index (Phi) is 5.22. The van der Waals surface area contributed by atoms with E-state index in [1.165, 1.54) is 25.3 Å². The van der Waals surface area contributed by atoms with Crippen LogP contribution < -0.4 is 5.32 Å². The summed E-state index contributed by atoms with van der Waals surface area (Å²) in [6.45, 7) is 2.19. The molecule has 5 heteroatoms. The summed E-state index contributed by atoms with van der Waals surface area (Å²) in [5, 5.41) is 3.30. The van der Waals surface area contributed by atoms with E-state index in [9.17, 15) is 9.18 Å². The molecule has 3 nitrogen and oxygen atoms in total. The molecule has 1 N–H and O–H groups in total. The topological polar surface area (TPSA) is 38.3 Å². The maximum atomic E-state index is 13.4. The Morgan fingerprint density at radius 3 is 2.88 bits per heavy atom. The van der Waals surface area contributed by atoms with Gasteiger partial charge in [0.05, 0.1) is 18.7 Å². The molecular weight excluding hydrogens is 245 g/mol. The van der Waals surface area contributed by atoms with E-state index in [0.29, 0.717) is 23.7 Å². The molecule has 1 unspecified atom stereocenters. The largest absolute Gasteiger partial charge is 0.469 e. The molecule has 0 saturated carbocycles. The Bertz CT molecular complexity index is 398. The van der Waals surface area contributed by atoms with Gasteiger partial charge in [0.15, 0.2) is 0 Å². The number of methoxy groups -OCH3 is 1. The van der Waals surface area contributed by atoms with Crippen molar-refractivity contribution >= 4 is 23.3 Å². The summed E-state index contributed by atoms with van der Waals surface area (Å²) in [5.74, 6) is -0.991. The van der Waals surface area contributed by atoms with Crippen LogP contribution in [0.4, 0.5) is 10.1 Å². The Morgan fingerprint density at radius 1 is 1.59 bits per heavy atom. The van der Waals surface area contributed by atoms with E-state index in [-0.39, 0.29) is 11.9 Å². The zero-order chi connectivity index (χ0) is 12.8. The predicted octanol–water partition coefficient (Wildman–Crippen LogP) is 3.09. The molecule has 0 radical (unpaired) electrons. The fourth-order valence-electron chi connectivity index (χ4n) is 1.43. The first-order valence-corrected chi connectivity index (χ1v) is 5.73. The fraction of sp³-hybridized carbons (Fsp3) is 0.417. The number of benzene rings is 1. The quantitative estimate of drug-likeness (QED) is 0.826. The molecule has 0 aliphatic rings.